The van der Waals surface area contributed by atoms with Gasteiger partial charge in [-0.2, -0.15) is 0 Å². The molecule has 0 bridgehead atoms. The summed E-state index contributed by atoms with van der Waals surface area (Å²) in [5.74, 6) is 1.96. The van der Waals surface area contributed by atoms with Crippen molar-refractivity contribution in [3.63, 3.8) is 0 Å². The molecule has 0 aliphatic carbocycles. The first-order valence-electron chi connectivity index (χ1n) is 5.59. The van der Waals surface area contributed by atoms with Crippen LogP contribution in [0.15, 0.2) is 18.2 Å². The van der Waals surface area contributed by atoms with Gasteiger partial charge in [0.2, 0.25) is 0 Å². The Balaban J connectivity index is 3.04. The summed E-state index contributed by atoms with van der Waals surface area (Å²) in [7, 11) is 0. The molecule has 0 N–H and O–H groups in total. The predicted octanol–water partition coefficient (Wildman–Crippen LogP) is 2.88. The number of Topliss-reactive ketones (excluding diaryl/α,β-unsaturated/α-hetero) is 1. The van der Waals surface area contributed by atoms with E-state index in [2.05, 4.69) is 5.92 Å². The number of benzene rings is 1. The second-order valence-electron chi connectivity index (χ2n) is 3.85. The Bertz CT molecular complexity index is 448. The lowest BCUT2D eigenvalue weighted by molar-refractivity contribution is 0.101. The van der Waals surface area contributed by atoms with Gasteiger partial charge < -0.3 is 4.90 Å². The molecule has 90 valence electrons. The molecule has 1 aromatic carbocycles. The summed E-state index contributed by atoms with van der Waals surface area (Å²) >= 11 is 0. The SMILES string of the molecule is C#CCN(CCC)c1ccc(C(C)=O)cc1F. The van der Waals surface area contributed by atoms with Crippen molar-refractivity contribution in [3.8, 4) is 12.3 Å². The van der Waals surface area contributed by atoms with Crippen LogP contribution in [0.5, 0.6) is 0 Å². The van der Waals surface area contributed by atoms with Crippen LogP contribution in [0.1, 0.15) is 30.6 Å². The molecule has 0 radical (unpaired) electrons. The van der Waals surface area contributed by atoms with Crippen LogP contribution in [0.25, 0.3) is 0 Å². The van der Waals surface area contributed by atoms with E-state index in [-0.39, 0.29) is 5.78 Å². The van der Waals surface area contributed by atoms with Gasteiger partial charge in [-0.15, -0.1) is 6.42 Å². The van der Waals surface area contributed by atoms with Crippen LogP contribution in [-0.2, 0) is 0 Å². The minimum atomic E-state index is -0.401. The third-order valence-electron chi connectivity index (χ3n) is 2.47. The summed E-state index contributed by atoms with van der Waals surface area (Å²) in [6, 6.07) is 4.50. The van der Waals surface area contributed by atoms with Crippen LogP contribution in [0.2, 0.25) is 0 Å². The van der Waals surface area contributed by atoms with Gasteiger partial charge in [-0.05, 0) is 31.5 Å². The molecule has 0 aliphatic rings. The van der Waals surface area contributed by atoms with Gasteiger partial charge >= 0.3 is 0 Å². The molecule has 17 heavy (non-hydrogen) atoms. The summed E-state index contributed by atoms with van der Waals surface area (Å²) < 4.78 is 13.8. The highest BCUT2D eigenvalue weighted by molar-refractivity contribution is 5.94. The van der Waals surface area contributed by atoms with Crippen LogP contribution in [0.4, 0.5) is 10.1 Å². The number of nitrogens with zero attached hydrogens (tertiary/aromatic N) is 1. The van der Waals surface area contributed by atoms with Crippen molar-refractivity contribution in [2.75, 3.05) is 18.0 Å². The van der Waals surface area contributed by atoms with E-state index in [1.54, 1.807) is 17.0 Å². The molecular formula is C14H16FNO. The minimum Gasteiger partial charge on any atom is -0.358 e. The van der Waals surface area contributed by atoms with Gasteiger partial charge in [-0.25, -0.2) is 4.39 Å². The summed E-state index contributed by atoms with van der Waals surface area (Å²) in [6.07, 6.45) is 6.14. The monoisotopic (exact) mass is 233 g/mol. The number of hydrogen-bond donors (Lipinski definition) is 0. The van der Waals surface area contributed by atoms with Gasteiger partial charge in [-0.1, -0.05) is 12.8 Å². The normalized spacial score (nSPS) is 9.76. The lowest BCUT2D eigenvalue weighted by atomic mass is 10.1. The van der Waals surface area contributed by atoms with Gasteiger partial charge in [0.25, 0.3) is 0 Å². The highest BCUT2D eigenvalue weighted by atomic mass is 19.1. The molecule has 1 rings (SSSR count). The maximum absolute atomic E-state index is 13.8. The number of terminal acetylenes is 1. The smallest absolute Gasteiger partial charge is 0.159 e. The first-order chi connectivity index (χ1) is 8.10. The van der Waals surface area contributed by atoms with Crippen molar-refractivity contribution in [1.82, 2.24) is 0 Å². The van der Waals surface area contributed by atoms with Crippen LogP contribution >= 0.6 is 0 Å². The highest BCUT2D eigenvalue weighted by Gasteiger charge is 2.11. The molecule has 0 saturated heterocycles. The van der Waals surface area contributed by atoms with Crippen molar-refractivity contribution in [2.45, 2.75) is 20.3 Å². The van der Waals surface area contributed by atoms with Crippen molar-refractivity contribution in [1.29, 1.82) is 0 Å². The molecule has 0 heterocycles. The summed E-state index contributed by atoms with van der Waals surface area (Å²) in [5.41, 5.74) is 0.832. The van der Waals surface area contributed by atoms with Crippen LogP contribution in [0.3, 0.4) is 0 Å². The van der Waals surface area contributed by atoms with Crippen LogP contribution in [0, 0.1) is 18.2 Å². The number of ketones is 1. The maximum atomic E-state index is 13.8. The Morgan fingerprint density at radius 3 is 2.71 bits per heavy atom. The molecule has 0 aromatic heterocycles. The maximum Gasteiger partial charge on any atom is 0.159 e. The molecule has 0 unspecified atom stereocenters. The lowest BCUT2D eigenvalue weighted by Crippen LogP contribution is -2.25. The zero-order chi connectivity index (χ0) is 12.8. The molecule has 1 aromatic rings. The molecule has 0 spiro atoms. The third kappa shape index (κ3) is 3.32. The Kier molecular flexibility index (Phi) is 4.71. The third-order valence-corrected chi connectivity index (χ3v) is 2.47. The molecular weight excluding hydrogens is 217 g/mol. The fourth-order valence-electron chi connectivity index (χ4n) is 1.65. The molecule has 3 heteroatoms. The fourth-order valence-corrected chi connectivity index (χ4v) is 1.65. The second-order valence-corrected chi connectivity index (χ2v) is 3.85. The number of halogens is 1. The van der Waals surface area contributed by atoms with Crippen molar-refractivity contribution in [3.05, 3.63) is 29.6 Å². The van der Waals surface area contributed by atoms with Crippen molar-refractivity contribution in [2.24, 2.45) is 0 Å². The quantitative estimate of drug-likeness (QED) is 0.575. The Hall–Kier alpha value is -1.82. The van der Waals surface area contributed by atoms with E-state index in [4.69, 9.17) is 6.42 Å². The van der Waals surface area contributed by atoms with Crippen LogP contribution in [-0.4, -0.2) is 18.9 Å². The van der Waals surface area contributed by atoms with Gasteiger partial charge in [0.15, 0.2) is 5.78 Å². The van der Waals surface area contributed by atoms with E-state index in [0.717, 1.165) is 6.42 Å². The fraction of sp³-hybridized carbons (Fsp3) is 0.357. The largest absolute Gasteiger partial charge is 0.358 e. The van der Waals surface area contributed by atoms with Gasteiger partial charge in [0.1, 0.15) is 5.82 Å². The predicted molar refractivity (Wildman–Crippen MR) is 67.7 cm³/mol. The molecule has 0 fully saturated rings. The first-order valence-corrected chi connectivity index (χ1v) is 5.59. The zero-order valence-corrected chi connectivity index (χ0v) is 10.2. The Morgan fingerprint density at radius 2 is 2.24 bits per heavy atom. The molecule has 2 nitrogen and oxygen atoms in total. The molecule has 0 aliphatic heterocycles. The number of carbonyl (C=O) groups excluding carboxylic acids is 1. The van der Waals surface area contributed by atoms with Gasteiger partial charge in [0, 0.05) is 12.1 Å². The van der Waals surface area contributed by atoms with E-state index < -0.39 is 5.82 Å². The Morgan fingerprint density at radius 1 is 1.53 bits per heavy atom. The Labute approximate surface area is 101 Å². The van der Waals surface area contributed by atoms with Gasteiger partial charge in [-0.3, -0.25) is 4.79 Å². The van der Waals surface area contributed by atoms with E-state index in [1.807, 2.05) is 6.92 Å². The van der Waals surface area contributed by atoms with Crippen molar-refractivity contribution < 1.29 is 9.18 Å². The summed E-state index contributed by atoms with van der Waals surface area (Å²) in [6.45, 7) is 4.48. The standard InChI is InChI=1S/C14H16FNO/c1-4-8-16(9-5-2)14-7-6-12(11(3)17)10-13(14)15/h1,6-7,10H,5,8-9H2,2-3H3. The average Bonchev–Trinajstić information content (AvgIpc) is 2.28. The summed E-state index contributed by atoms with van der Waals surface area (Å²) in [5, 5.41) is 0. The lowest BCUT2D eigenvalue weighted by Gasteiger charge is -2.22. The van der Waals surface area contributed by atoms with Crippen molar-refractivity contribution >= 4 is 11.5 Å². The molecule has 0 amide bonds. The second kappa shape index (κ2) is 6.05. The first kappa shape index (κ1) is 13.2. The number of carbonyl (C=O) groups is 1. The van der Waals surface area contributed by atoms with E-state index in [1.165, 1.54) is 13.0 Å². The topological polar surface area (TPSA) is 20.3 Å². The van der Waals surface area contributed by atoms with Gasteiger partial charge in [0.05, 0.1) is 12.2 Å². The van der Waals surface area contributed by atoms with E-state index >= 15 is 0 Å². The van der Waals surface area contributed by atoms with Crippen LogP contribution < -0.4 is 4.90 Å². The molecule has 0 atom stereocenters. The van der Waals surface area contributed by atoms with E-state index in [9.17, 15) is 9.18 Å². The number of rotatable bonds is 5. The number of anilines is 1. The number of hydrogen-bond acceptors (Lipinski definition) is 2. The average molecular weight is 233 g/mol. The summed E-state index contributed by atoms with van der Waals surface area (Å²) in [4.78, 5) is 12.9. The highest BCUT2D eigenvalue weighted by Crippen LogP contribution is 2.20. The molecule has 0 saturated carbocycles. The van der Waals surface area contributed by atoms with E-state index in [0.29, 0.717) is 24.3 Å². The minimum absolute atomic E-state index is 0.144. The zero-order valence-electron chi connectivity index (χ0n) is 10.2.